The Morgan fingerprint density at radius 3 is 2.17 bits per heavy atom. The SMILES string of the molecule is CC(C)(C)CCNC1CC1(C)C. The molecule has 1 unspecified atom stereocenters. The molecule has 0 amide bonds. The van der Waals surface area contributed by atoms with Gasteiger partial charge in [0.15, 0.2) is 0 Å². The van der Waals surface area contributed by atoms with Crippen LogP contribution in [0.3, 0.4) is 0 Å². The van der Waals surface area contributed by atoms with E-state index >= 15 is 0 Å². The molecule has 0 radical (unpaired) electrons. The molecule has 0 spiro atoms. The second-order valence-electron chi connectivity index (χ2n) is 6.01. The van der Waals surface area contributed by atoms with Crippen LogP contribution < -0.4 is 5.32 Å². The van der Waals surface area contributed by atoms with E-state index in [2.05, 4.69) is 39.9 Å². The average Bonchev–Trinajstić information content (AvgIpc) is 2.36. The van der Waals surface area contributed by atoms with Gasteiger partial charge in [0.05, 0.1) is 0 Å². The van der Waals surface area contributed by atoms with Gasteiger partial charge in [-0.05, 0) is 30.2 Å². The molecular weight excluding hydrogens is 146 g/mol. The van der Waals surface area contributed by atoms with Gasteiger partial charge in [-0.25, -0.2) is 0 Å². The first-order chi connectivity index (χ1) is 5.31. The Hall–Kier alpha value is -0.0400. The lowest BCUT2D eigenvalue weighted by Gasteiger charge is -2.18. The van der Waals surface area contributed by atoms with Crippen LogP contribution in [-0.2, 0) is 0 Å². The molecule has 1 aliphatic carbocycles. The maximum atomic E-state index is 3.60. The summed E-state index contributed by atoms with van der Waals surface area (Å²) in [5.74, 6) is 0. The van der Waals surface area contributed by atoms with E-state index in [4.69, 9.17) is 0 Å². The summed E-state index contributed by atoms with van der Waals surface area (Å²) in [7, 11) is 0. The van der Waals surface area contributed by atoms with Gasteiger partial charge in [0.25, 0.3) is 0 Å². The third kappa shape index (κ3) is 3.14. The normalized spacial score (nSPS) is 27.2. The first-order valence-corrected chi connectivity index (χ1v) is 5.05. The summed E-state index contributed by atoms with van der Waals surface area (Å²) in [4.78, 5) is 0. The summed E-state index contributed by atoms with van der Waals surface area (Å²) in [6.45, 7) is 12.7. The van der Waals surface area contributed by atoms with Crippen molar-refractivity contribution in [3.8, 4) is 0 Å². The summed E-state index contributed by atoms with van der Waals surface area (Å²) in [5.41, 5.74) is 1.06. The lowest BCUT2D eigenvalue weighted by atomic mass is 9.92. The quantitative estimate of drug-likeness (QED) is 0.685. The maximum absolute atomic E-state index is 3.60. The van der Waals surface area contributed by atoms with E-state index in [1.54, 1.807) is 0 Å². The Labute approximate surface area is 76.9 Å². The molecule has 12 heavy (non-hydrogen) atoms. The van der Waals surface area contributed by atoms with Crippen LogP contribution >= 0.6 is 0 Å². The fourth-order valence-electron chi connectivity index (χ4n) is 1.44. The Morgan fingerprint density at radius 1 is 1.33 bits per heavy atom. The van der Waals surface area contributed by atoms with Crippen molar-refractivity contribution in [3.63, 3.8) is 0 Å². The van der Waals surface area contributed by atoms with Crippen LogP contribution in [0.4, 0.5) is 0 Å². The van der Waals surface area contributed by atoms with Gasteiger partial charge in [-0.15, -0.1) is 0 Å². The molecule has 0 aromatic rings. The van der Waals surface area contributed by atoms with Crippen LogP contribution in [0.5, 0.6) is 0 Å². The monoisotopic (exact) mass is 169 g/mol. The molecule has 0 aromatic heterocycles. The molecule has 1 N–H and O–H groups in total. The first-order valence-electron chi connectivity index (χ1n) is 5.05. The van der Waals surface area contributed by atoms with E-state index in [0.29, 0.717) is 10.8 Å². The predicted molar refractivity (Wildman–Crippen MR) is 54.3 cm³/mol. The summed E-state index contributed by atoms with van der Waals surface area (Å²) in [6.07, 6.45) is 2.64. The predicted octanol–water partition coefficient (Wildman–Crippen LogP) is 2.81. The summed E-state index contributed by atoms with van der Waals surface area (Å²) >= 11 is 0. The highest BCUT2D eigenvalue weighted by Gasteiger charge is 2.44. The van der Waals surface area contributed by atoms with Gasteiger partial charge in [-0.3, -0.25) is 0 Å². The van der Waals surface area contributed by atoms with Crippen molar-refractivity contribution >= 4 is 0 Å². The number of hydrogen-bond acceptors (Lipinski definition) is 1. The Bertz CT molecular complexity index is 153. The van der Waals surface area contributed by atoms with E-state index in [9.17, 15) is 0 Å². The highest BCUT2D eigenvalue weighted by Crippen LogP contribution is 2.44. The highest BCUT2D eigenvalue weighted by atomic mass is 15.0. The van der Waals surface area contributed by atoms with Crippen LogP contribution in [-0.4, -0.2) is 12.6 Å². The van der Waals surface area contributed by atoms with Crippen molar-refractivity contribution in [2.24, 2.45) is 10.8 Å². The van der Waals surface area contributed by atoms with Crippen molar-refractivity contribution < 1.29 is 0 Å². The van der Waals surface area contributed by atoms with Crippen LogP contribution in [0.1, 0.15) is 47.5 Å². The van der Waals surface area contributed by atoms with Crippen molar-refractivity contribution in [2.75, 3.05) is 6.54 Å². The molecule has 72 valence electrons. The lowest BCUT2D eigenvalue weighted by molar-refractivity contribution is 0.361. The molecule has 0 heterocycles. The molecule has 1 fully saturated rings. The number of nitrogens with one attached hydrogen (secondary N) is 1. The first kappa shape index (κ1) is 10.0. The van der Waals surface area contributed by atoms with Crippen LogP contribution in [0.25, 0.3) is 0 Å². The van der Waals surface area contributed by atoms with Gasteiger partial charge < -0.3 is 5.32 Å². The molecule has 1 atom stereocenters. The Balaban J connectivity index is 2.05. The van der Waals surface area contributed by atoms with Gasteiger partial charge >= 0.3 is 0 Å². The van der Waals surface area contributed by atoms with E-state index in [0.717, 1.165) is 6.04 Å². The molecule has 1 saturated carbocycles. The average molecular weight is 169 g/mol. The summed E-state index contributed by atoms with van der Waals surface area (Å²) in [6, 6.07) is 0.792. The topological polar surface area (TPSA) is 12.0 Å². The van der Waals surface area contributed by atoms with E-state index in [1.165, 1.54) is 19.4 Å². The number of hydrogen-bond donors (Lipinski definition) is 1. The van der Waals surface area contributed by atoms with Gasteiger partial charge in [0, 0.05) is 6.04 Å². The molecular formula is C11H23N. The van der Waals surface area contributed by atoms with E-state index < -0.39 is 0 Å². The molecule has 1 heteroatoms. The zero-order valence-electron chi connectivity index (χ0n) is 9.20. The minimum absolute atomic E-state index is 0.478. The second-order valence-corrected chi connectivity index (χ2v) is 6.01. The third-order valence-corrected chi connectivity index (χ3v) is 2.78. The number of rotatable bonds is 3. The van der Waals surface area contributed by atoms with Gasteiger partial charge in [-0.2, -0.15) is 0 Å². The Kier molecular flexibility index (Phi) is 2.53. The van der Waals surface area contributed by atoms with Gasteiger partial charge in [0.1, 0.15) is 0 Å². The minimum Gasteiger partial charge on any atom is -0.313 e. The molecule has 0 aliphatic heterocycles. The van der Waals surface area contributed by atoms with E-state index in [1.807, 2.05) is 0 Å². The molecule has 1 nitrogen and oxygen atoms in total. The van der Waals surface area contributed by atoms with Crippen molar-refractivity contribution in [2.45, 2.75) is 53.5 Å². The van der Waals surface area contributed by atoms with E-state index in [-0.39, 0.29) is 0 Å². The fourth-order valence-corrected chi connectivity index (χ4v) is 1.44. The van der Waals surface area contributed by atoms with Crippen LogP contribution in [0.2, 0.25) is 0 Å². The molecule has 1 rings (SSSR count). The Morgan fingerprint density at radius 2 is 1.83 bits per heavy atom. The molecule has 0 saturated heterocycles. The fraction of sp³-hybridized carbons (Fsp3) is 1.00. The molecule has 0 bridgehead atoms. The smallest absolute Gasteiger partial charge is 0.0124 e. The van der Waals surface area contributed by atoms with Gasteiger partial charge in [-0.1, -0.05) is 34.6 Å². The second kappa shape index (κ2) is 3.02. The standard InChI is InChI=1S/C11H23N/c1-10(2,3)6-7-12-9-8-11(9,4)5/h9,12H,6-8H2,1-5H3. The third-order valence-electron chi connectivity index (χ3n) is 2.78. The summed E-state index contributed by atoms with van der Waals surface area (Å²) < 4.78 is 0. The minimum atomic E-state index is 0.478. The zero-order chi connectivity index (χ0) is 9.41. The largest absolute Gasteiger partial charge is 0.313 e. The van der Waals surface area contributed by atoms with Crippen LogP contribution in [0, 0.1) is 10.8 Å². The summed E-state index contributed by atoms with van der Waals surface area (Å²) in [5, 5.41) is 3.60. The lowest BCUT2D eigenvalue weighted by Crippen LogP contribution is -2.25. The van der Waals surface area contributed by atoms with Crippen LogP contribution in [0.15, 0.2) is 0 Å². The molecule has 0 aromatic carbocycles. The van der Waals surface area contributed by atoms with Crippen molar-refractivity contribution in [3.05, 3.63) is 0 Å². The highest BCUT2D eigenvalue weighted by molar-refractivity contribution is 5.01. The zero-order valence-corrected chi connectivity index (χ0v) is 9.20. The van der Waals surface area contributed by atoms with Crippen molar-refractivity contribution in [1.82, 2.24) is 5.32 Å². The van der Waals surface area contributed by atoms with Crippen molar-refractivity contribution in [1.29, 1.82) is 0 Å². The maximum Gasteiger partial charge on any atom is 0.0124 e. The van der Waals surface area contributed by atoms with Gasteiger partial charge in [0.2, 0.25) is 0 Å². The molecule has 1 aliphatic rings.